The van der Waals surface area contributed by atoms with Crippen molar-refractivity contribution in [2.45, 2.75) is 12.2 Å². The van der Waals surface area contributed by atoms with Crippen LogP contribution in [0.4, 0.5) is 0 Å². The van der Waals surface area contributed by atoms with Crippen molar-refractivity contribution in [2.24, 2.45) is 0 Å². The number of ether oxygens (including phenoxy) is 3. The van der Waals surface area contributed by atoms with Crippen LogP contribution in [0.1, 0.15) is 0 Å². The van der Waals surface area contributed by atoms with Crippen LogP contribution in [0.3, 0.4) is 0 Å². The summed E-state index contributed by atoms with van der Waals surface area (Å²) in [7, 11) is -2.90. The molecule has 14 heavy (non-hydrogen) atoms. The SMILES string of the molecule is O=S1(=O)CCOC(COCC2CO2)C1. The lowest BCUT2D eigenvalue weighted by atomic mass is 10.4. The van der Waals surface area contributed by atoms with Crippen LogP contribution in [0.5, 0.6) is 0 Å². The normalized spacial score (nSPS) is 35.4. The average molecular weight is 222 g/mol. The zero-order chi connectivity index (χ0) is 10.0. The molecule has 82 valence electrons. The van der Waals surface area contributed by atoms with E-state index in [9.17, 15) is 8.42 Å². The smallest absolute Gasteiger partial charge is 0.155 e. The van der Waals surface area contributed by atoms with Gasteiger partial charge >= 0.3 is 0 Å². The van der Waals surface area contributed by atoms with Crippen LogP contribution in [0, 0.1) is 0 Å². The highest BCUT2D eigenvalue weighted by Crippen LogP contribution is 2.11. The number of hydrogen-bond acceptors (Lipinski definition) is 5. The van der Waals surface area contributed by atoms with Gasteiger partial charge in [0, 0.05) is 0 Å². The molecule has 2 atom stereocenters. The largest absolute Gasteiger partial charge is 0.376 e. The van der Waals surface area contributed by atoms with Gasteiger partial charge in [0.25, 0.3) is 0 Å². The van der Waals surface area contributed by atoms with Crippen LogP contribution in [-0.4, -0.2) is 58.6 Å². The molecule has 0 amide bonds. The maximum Gasteiger partial charge on any atom is 0.155 e. The zero-order valence-electron chi connectivity index (χ0n) is 7.85. The molecular weight excluding hydrogens is 208 g/mol. The van der Waals surface area contributed by atoms with E-state index in [2.05, 4.69) is 0 Å². The summed E-state index contributed by atoms with van der Waals surface area (Å²) >= 11 is 0. The Balaban J connectivity index is 1.68. The molecule has 6 heteroatoms. The summed E-state index contributed by atoms with van der Waals surface area (Å²) in [6, 6.07) is 0. The highest BCUT2D eigenvalue weighted by atomic mass is 32.2. The van der Waals surface area contributed by atoms with Crippen molar-refractivity contribution in [3.05, 3.63) is 0 Å². The van der Waals surface area contributed by atoms with Crippen molar-refractivity contribution >= 4 is 9.84 Å². The van der Waals surface area contributed by atoms with E-state index in [1.54, 1.807) is 0 Å². The first-order valence-electron chi connectivity index (χ1n) is 4.67. The van der Waals surface area contributed by atoms with Gasteiger partial charge in [0.2, 0.25) is 0 Å². The summed E-state index contributed by atoms with van der Waals surface area (Å²) in [5, 5.41) is 0. The summed E-state index contributed by atoms with van der Waals surface area (Å²) in [6.07, 6.45) is -0.0808. The Labute approximate surface area is 83.2 Å². The Hall–Kier alpha value is -0.170. The maximum atomic E-state index is 11.2. The number of hydrogen-bond donors (Lipinski definition) is 0. The molecule has 0 aromatic carbocycles. The molecule has 0 bridgehead atoms. The van der Waals surface area contributed by atoms with E-state index < -0.39 is 9.84 Å². The highest BCUT2D eigenvalue weighted by molar-refractivity contribution is 7.91. The lowest BCUT2D eigenvalue weighted by molar-refractivity contribution is -0.00714. The van der Waals surface area contributed by atoms with Gasteiger partial charge in [-0.15, -0.1) is 0 Å². The minimum atomic E-state index is -2.90. The Morgan fingerprint density at radius 3 is 2.57 bits per heavy atom. The van der Waals surface area contributed by atoms with E-state index in [0.29, 0.717) is 13.2 Å². The summed E-state index contributed by atoms with van der Waals surface area (Å²) in [5.74, 6) is 0.216. The van der Waals surface area contributed by atoms with Crippen LogP contribution in [-0.2, 0) is 24.0 Å². The van der Waals surface area contributed by atoms with Crippen molar-refractivity contribution in [1.29, 1.82) is 0 Å². The molecule has 2 unspecified atom stereocenters. The molecule has 0 spiro atoms. The molecule has 2 rings (SSSR count). The van der Waals surface area contributed by atoms with Crippen LogP contribution in [0.15, 0.2) is 0 Å². The van der Waals surface area contributed by atoms with E-state index >= 15 is 0 Å². The second-order valence-electron chi connectivity index (χ2n) is 3.60. The van der Waals surface area contributed by atoms with Crippen molar-refractivity contribution in [3.8, 4) is 0 Å². The van der Waals surface area contributed by atoms with Crippen LogP contribution in [0.2, 0.25) is 0 Å². The Kier molecular flexibility index (Phi) is 3.06. The summed E-state index contributed by atoms with van der Waals surface area (Å²) < 4.78 is 37.9. The zero-order valence-corrected chi connectivity index (χ0v) is 8.66. The first-order chi connectivity index (χ1) is 6.66. The molecule has 2 aliphatic rings. The van der Waals surface area contributed by atoms with Gasteiger partial charge in [-0.05, 0) is 0 Å². The molecule has 2 aliphatic heterocycles. The number of sulfone groups is 1. The van der Waals surface area contributed by atoms with Gasteiger partial charge in [-0.3, -0.25) is 0 Å². The third kappa shape index (κ3) is 3.20. The molecule has 2 fully saturated rings. The summed E-state index contributed by atoms with van der Waals surface area (Å²) in [4.78, 5) is 0. The fourth-order valence-electron chi connectivity index (χ4n) is 1.35. The number of rotatable bonds is 4. The molecule has 0 saturated carbocycles. The minimum Gasteiger partial charge on any atom is -0.376 e. The van der Waals surface area contributed by atoms with E-state index in [0.717, 1.165) is 6.61 Å². The first kappa shape index (κ1) is 10.4. The second kappa shape index (κ2) is 4.14. The lowest BCUT2D eigenvalue weighted by Crippen LogP contribution is -2.37. The molecule has 0 aromatic rings. The van der Waals surface area contributed by atoms with Crippen molar-refractivity contribution < 1.29 is 22.6 Å². The fraction of sp³-hybridized carbons (Fsp3) is 1.00. The molecular formula is C8H14O5S. The Morgan fingerprint density at radius 1 is 1.21 bits per heavy atom. The monoisotopic (exact) mass is 222 g/mol. The topological polar surface area (TPSA) is 65.1 Å². The molecule has 5 nitrogen and oxygen atoms in total. The van der Waals surface area contributed by atoms with E-state index in [4.69, 9.17) is 14.2 Å². The molecule has 0 aromatic heterocycles. The third-order valence-corrected chi connectivity index (χ3v) is 3.87. The Morgan fingerprint density at radius 2 is 1.93 bits per heavy atom. The quantitative estimate of drug-likeness (QED) is 0.584. The van der Waals surface area contributed by atoms with Gasteiger partial charge in [-0.25, -0.2) is 8.42 Å². The second-order valence-corrected chi connectivity index (χ2v) is 5.83. The van der Waals surface area contributed by atoms with Gasteiger partial charge < -0.3 is 14.2 Å². The lowest BCUT2D eigenvalue weighted by Gasteiger charge is -2.22. The maximum absolute atomic E-state index is 11.2. The number of epoxide rings is 1. The third-order valence-electron chi connectivity index (χ3n) is 2.20. The van der Waals surface area contributed by atoms with Gasteiger partial charge in [0.15, 0.2) is 9.84 Å². The fourth-order valence-corrected chi connectivity index (χ4v) is 2.62. The van der Waals surface area contributed by atoms with E-state index in [1.165, 1.54) is 0 Å². The summed E-state index contributed by atoms with van der Waals surface area (Å²) in [6.45, 7) is 1.93. The van der Waals surface area contributed by atoms with Crippen LogP contribution in [0.25, 0.3) is 0 Å². The van der Waals surface area contributed by atoms with Gasteiger partial charge in [0.1, 0.15) is 6.10 Å². The molecule has 2 heterocycles. The molecule has 0 N–H and O–H groups in total. The van der Waals surface area contributed by atoms with E-state index in [-0.39, 0.29) is 30.3 Å². The first-order valence-corrected chi connectivity index (χ1v) is 6.49. The summed E-state index contributed by atoms with van der Waals surface area (Å²) in [5.41, 5.74) is 0. The average Bonchev–Trinajstić information content (AvgIpc) is 2.86. The molecule has 0 aliphatic carbocycles. The van der Waals surface area contributed by atoms with E-state index in [1.807, 2.05) is 0 Å². The van der Waals surface area contributed by atoms with Crippen molar-refractivity contribution in [2.75, 3.05) is 37.9 Å². The van der Waals surface area contributed by atoms with Crippen LogP contribution < -0.4 is 0 Å². The van der Waals surface area contributed by atoms with Crippen molar-refractivity contribution in [1.82, 2.24) is 0 Å². The molecule has 0 radical (unpaired) electrons. The predicted octanol–water partition coefficient (Wildman–Crippen LogP) is -0.785. The van der Waals surface area contributed by atoms with Crippen molar-refractivity contribution in [3.63, 3.8) is 0 Å². The van der Waals surface area contributed by atoms with Crippen LogP contribution >= 0.6 is 0 Å². The van der Waals surface area contributed by atoms with Gasteiger partial charge in [-0.1, -0.05) is 0 Å². The van der Waals surface area contributed by atoms with Gasteiger partial charge in [0.05, 0.1) is 44.0 Å². The highest BCUT2D eigenvalue weighted by Gasteiger charge is 2.27. The predicted molar refractivity (Wildman–Crippen MR) is 49.0 cm³/mol. The minimum absolute atomic E-state index is 0.0819. The van der Waals surface area contributed by atoms with Gasteiger partial charge in [-0.2, -0.15) is 0 Å². The Bertz CT molecular complexity index is 282. The molecule has 2 saturated heterocycles. The standard InChI is InChI=1S/C8H14O5S/c9-14(10)2-1-12-8(6-14)4-11-3-7-5-13-7/h7-8H,1-6H2.